The number of nitrogens with zero attached hydrogens (tertiary/aromatic N) is 1. The Morgan fingerprint density at radius 3 is 1.61 bits per heavy atom. The number of nitro benzene ring substituents is 1. The summed E-state index contributed by atoms with van der Waals surface area (Å²) in [5.74, 6) is 0. The SMILES string of the molecule is O=[N+]([O-])c1c2ccccc2c(Cl)c2ccccc12. The molecule has 18 heavy (non-hydrogen) atoms. The van der Waals surface area contributed by atoms with E-state index in [9.17, 15) is 10.1 Å². The van der Waals surface area contributed by atoms with Crippen LogP contribution in [0.2, 0.25) is 5.02 Å². The molecule has 0 bridgehead atoms. The molecule has 0 radical (unpaired) electrons. The van der Waals surface area contributed by atoms with Crippen LogP contribution in [0.1, 0.15) is 0 Å². The van der Waals surface area contributed by atoms with Crippen molar-refractivity contribution >= 4 is 38.8 Å². The molecule has 4 heteroatoms. The molecule has 3 aromatic rings. The van der Waals surface area contributed by atoms with Gasteiger partial charge in [0.1, 0.15) is 0 Å². The molecule has 88 valence electrons. The van der Waals surface area contributed by atoms with E-state index in [1.807, 2.05) is 12.1 Å². The summed E-state index contributed by atoms with van der Waals surface area (Å²) in [4.78, 5) is 11.0. The minimum Gasteiger partial charge on any atom is -0.258 e. The number of hydrogen-bond acceptors (Lipinski definition) is 2. The van der Waals surface area contributed by atoms with Gasteiger partial charge in [0.05, 0.1) is 20.7 Å². The summed E-state index contributed by atoms with van der Waals surface area (Å²) in [5.41, 5.74) is 0.116. The van der Waals surface area contributed by atoms with Crippen molar-refractivity contribution in [1.82, 2.24) is 0 Å². The number of non-ortho nitro benzene ring substituents is 1. The van der Waals surface area contributed by atoms with Gasteiger partial charge in [-0.15, -0.1) is 0 Å². The van der Waals surface area contributed by atoms with Crippen molar-refractivity contribution in [2.45, 2.75) is 0 Å². The topological polar surface area (TPSA) is 43.1 Å². The van der Waals surface area contributed by atoms with Crippen LogP contribution in [0.15, 0.2) is 48.5 Å². The Balaban J connectivity index is 2.67. The Bertz CT molecular complexity index is 726. The summed E-state index contributed by atoms with van der Waals surface area (Å²) in [6.45, 7) is 0. The number of rotatable bonds is 1. The molecule has 0 spiro atoms. The lowest BCUT2D eigenvalue weighted by atomic mass is 10.0. The zero-order valence-electron chi connectivity index (χ0n) is 9.26. The van der Waals surface area contributed by atoms with E-state index in [4.69, 9.17) is 11.6 Å². The molecule has 0 aliphatic carbocycles. The molecular formula is C14H8ClNO2. The third kappa shape index (κ3) is 1.45. The van der Waals surface area contributed by atoms with Gasteiger partial charge < -0.3 is 0 Å². The maximum Gasteiger partial charge on any atom is 0.285 e. The number of hydrogen-bond donors (Lipinski definition) is 0. The molecule has 0 fully saturated rings. The van der Waals surface area contributed by atoms with Gasteiger partial charge in [0.25, 0.3) is 5.69 Å². The molecular weight excluding hydrogens is 250 g/mol. The number of fused-ring (bicyclic) bond motifs is 2. The third-order valence-electron chi connectivity index (χ3n) is 3.02. The summed E-state index contributed by atoms with van der Waals surface area (Å²) >= 11 is 6.33. The van der Waals surface area contributed by atoms with E-state index in [2.05, 4.69) is 0 Å². The summed E-state index contributed by atoms with van der Waals surface area (Å²) in [5, 5.41) is 14.4. The predicted molar refractivity (Wildman–Crippen MR) is 73.1 cm³/mol. The Kier molecular flexibility index (Phi) is 2.42. The molecule has 0 saturated heterocycles. The van der Waals surface area contributed by atoms with E-state index in [0.717, 1.165) is 0 Å². The average Bonchev–Trinajstić information content (AvgIpc) is 2.39. The van der Waals surface area contributed by atoms with Gasteiger partial charge in [-0.2, -0.15) is 0 Å². The first-order valence-corrected chi connectivity index (χ1v) is 5.81. The Morgan fingerprint density at radius 1 is 0.833 bits per heavy atom. The highest BCUT2D eigenvalue weighted by Crippen LogP contribution is 2.40. The van der Waals surface area contributed by atoms with Crippen LogP contribution in [0.3, 0.4) is 0 Å². The van der Waals surface area contributed by atoms with Gasteiger partial charge in [0.2, 0.25) is 0 Å². The van der Waals surface area contributed by atoms with Crippen molar-refractivity contribution in [2.24, 2.45) is 0 Å². The minimum absolute atomic E-state index is 0.116. The third-order valence-corrected chi connectivity index (χ3v) is 3.43. The first-order valence-electron chi connectivity index (χ1n) is 5.43. The first-order chi connectivity index (χ1) is 8.70. The van der Waals surface area contributed by atoms with Crippen LogP contribution in [0.25, 0.3) is 21.5 Å². The molecule has 0 aromatic heterocycles. The maximum absolute atomic E-state index is 11.3. The molecule has 0 saturated carbocycles. The van der Waals surface area contributed by atoms with Gasteiger partial charge in [0, 0.05) is 10.8 Å². The van der Waals surface area contributed by atoms with Crippen LogP contribution in [0, 0.1) is 10.1 Å². The maximum atomic E-state index is 11.3. The lowest BCUT2D eigenvalue weighted by Gasteiger charge is -2.07. The van der Waals surface area contributed by atoms with Crippen LogP contribution in [0.4, 0.5) is 5.69 Å². The lowest BCUT2D eigenvalue weighted by Crippen LogP contribution is -1.92. The average molecular weight is 258 g/mol. The molecule has 3 rings (SSSR count). The highest BCUT2D eigenvalue weighted by Gasteiger charge is 2.19. The van der Waals surface area contributed by atoms with Gasteiger partial charge in [-0.05, 0) is 12.1 Å². The van der Waals surface area contributed by atoms with E-state index in [0.29, 0.717) is 26.6 Å². The standard InChI is InChI=1S/C14H8ClNO2/c15-13-9-5-1-3-7-11(9)14(16(17)18)12-8-4-2-6-10(12)13/h1-8H. The van der Waals surface area contributed by atoms with Gasteiger partial charge in [-0.1, -0.05) is 48.0 Å². The molecule has 0 atom stereocenters. The smallest absolute Gasteiger partial charge is 0.258 e. The van der Waals surface area contributed by atoms with E-state index in [-0.39, 0.29) is 10.6 Å². The lowest BCUT2D eigenvalue weighted by molar-refractivity contribution is -0.381. The van der Waals surface area contributed by atoms with Crippen molar-refractivity contribution in [3.05, 3.63) is 63.7 Å². The number of benzene rings is 3. The fourth-order valence-corrected chi connectivity index (χ4v) is 2.58. The fraction of sp³-hybridized carbons (Fsp3) is 0. The highest BCUT2D eigenvalue weighted by molar-refractivity contribution is 6.41. The Morgan fingerprint density at radius 2 is 1.22 bits per heavy atom. The van der Waals surface area contributed by atoms with Crippen molar-refractivity contribution in [3.63, 3.8) is 0 Å². The van der Waals surface area contributed by atoms with Crippen LogP contribution in [-0.4, -0.2) is 4.92 Å². The molecule has 0 aliphatic heterocycles. The highest BCUT2D eigenvalue weighted by atomic mass is 35.5. The summed E-state index contributed by atoms with van der Waals surface area (Å²) in [6, 6.07) is 14.3. The van der Waals surface area contributed by atoms with Crippen molar-refractivity contribution in [2.75, 3.05) is 0 Å². The summed E-state index contributed by atoms with van der Waals surface area (Å²) in [7, 11) is 0. The van der Waals surface area contributed by atoms with Crippen molar-refractivity contribution < 1.29 is 4.92 Å². The largest absolute Gasteiger partial charge is 0.285 e. The summed E-state index contributed by atoms with van der Waals surface area (Å²) in [6.07, 6.45) is 0. The Labute approximate surface area is 108 Å². The number of nitro groups is 1. The number of halogens is 1. The molecule has 0 aliphatic rings. The van der Waals surface area contributed by atoms with E-state index >= 15 is 0 Å². The van der Waals surface area contributed by atoms with E-state index in [1.165, 1.54) is 0 Å². The van der Waals surface area contributed by atoms with E-state index < -0.39 is 0 Å². The quantitative estimate of drug-likeness (QED) is 0.364. The molecule has 3 nitrogen and oxygen atoms in total. The van der Waals surface area contributed by atoms with Gasteiger partial charge >= 0.3 is 0 Å². The second-order valence-corrected chi connectivity index (χ2v) is 4.39. The first kappa shape index (κ1) is 11.0. The minimum atomic E-state index is -0.346. The second kappa shape index (κ2) is 3.96. The second-order valence-electron chi connectivity index (χ2n) is 4.01. The summed E-state index contributed by atoms with van der Waals surface area (Å²) < 4.78 is 0. The predicted octanol–water partition coefficient (Wildman–Crippen LogP) is 4.55. The van der Waals surface area contributed by atoms with Crippen LogP contribution < -0.4 is 0 Å². The molecule has 0 unspecified atom stereocenters. The van der Waals surface area contributed by atoms with Gasteiger partial charge in [0.15, 0.2) is 0 Å². The van der Waals surface area contributed by atoms with Crippen LogP contribution in [-0.2, 0) is 0 Å². The Hall–Kier alpha value is -2.13. The zero-order valence-corrected chi connectivity index (χ0v) is 10.0. The molecule has 3 aromatic carbocycles. The monoisotopic (exact) mass is 257 g/mol. The van der Waals surface area contributed by atoms with Crippen LogP contribution >= 0.6 is 11.6 Å². The van der Waals surface area contributed by atoms with Crippen molar-refractivity contribution in [1.29, 1.82) is 0 Å². The fourth-order valence-electron chi connectivity index (χ4n) is 2.25. The van der Waals surface area contributed by atoms with Gasteiger partial charge in [-0.25, -0.2) is 0 Å². The van der Waals surface area contributed by atoms with Crippen molar-refractivity contribution in [3.8, 4) is 0 Å². The molecule has 0 amide bonds. The normalized spacial score (nSPS) is 10.9. The van der Waals surface area contributed by atoms with Gasteiger partial charge in [-0.3, -0.25) is 10.1 Å². The molecule has 0 N–H and O–H groups in total. The molecule has 0 heterocycles. The van der Waals surface area contributed by atoms with E-state index in [1.54, 1.807) is 36.4 Å². The van der Waals surface area contributed by atoms with Crippen LogP contribution in [0.5, 0.6) is 0 Å². The zero-order chi connectivity index (χ0) is 12.7.